The van der Waals surface area contributed by atoms with Crippen molar-refractivity contribution in [2.75, 3.05) is 0 Å². The molecule has 2 rings (SSSR count). The third kappa shape index (κ3) is 1.09. The van der Waals surface area contributed by atoms with Gasteiger partial charge in [0.15, 0.2) is 11.0 Å². The van der Waals surface area contributed by atoms with Crippen molar-refractivity contribution in [1.82, 2.24) is 4.57 Å². The van der Waals surface area contributed by atoms with Gasteiger partial charge in [-0.05, 0) is 12.1 Å². The SMILES string of the molecule is Cn1c[n+](C)c2ccccc21.[CH3-]. The molecule has 2 heteroatoms. The molecule has 1 heterocycles. The lowest BCUT2D eigenvalue weighted by Crippen LogP contribution is -2.25. The van der Waals surface area contributed by atoms with Crippen LogP contribution in [0.15, 0.2) is 30.6 Å². The summed E-state index contributed by atoms with van der Waals surface area (Å²) in [4.78, 5) is 0. The van der Waals surface area contributed by atoms with Crippen LogP contribution in [0.3, 0.4) is 0 Å². The number of aromatic nitrogens is 2. The smallest absolute Gasteiger partial charge is 0.244 e. The normalized spacial score (nSPS) is 9.83. The number of aryl methyl sites for hydroxylation is 2. The molecule has 0 radical (unpaired) electrons. The van der Waals surface area contributed by atoms with Crippen LogP contribution in [0, 0.1) is 7.43 Å². The lowest BCUT2D eigenvalue weighted by molar-refractivity contribution is -0.645. The summed E-state index contributed by atoms with van der Waals surface area (Å²) in [6.07, 6.45) is 2.07. The minimum Gasteiger partial charge on any atom is -0.358 e. The summed E-state index contributed by atoms with van der Waals surface area (Å²) < 4.78 is 4.24. The number of para-hydroxylation sites is 2. The molecule has 0 fully saturated rings. The predicted octanol–water partition coefficient (Wildman–Crippen LogP) is 1.45. The van der Waals surface area contributed by atoms with Gasteiger partial charge in [-0.2, -0.15) is 0 Å². The van der Waals surface area contributed by atoms with E-state index in [1.54, 1.807) is 0 Å². The van der Waals surface area contributed by atoms with Crippen LogP contribution in [0.1, 0.15) is 0 Å². The first kappa shape index (κ1) is 8.78. The summed E-state index contributed by atoms with van der Waals surface area (Å²) in [5.74, 6) is 0. The molecular weight excluding hydrogens is 148 g/mol. The van der Waals surface area contributed by atoms with E-state index in [0.717, 1.165) is 0 Å². The molecule has 0 aliphatic carbocycles. The van der Waals surface area contributed by atoms with Gasteiger partial charge in [-0.1, -0.05) is 12.1 Å². The Kier molecular flexibility index (Phi) is 2.18. The monoisotopic (exact) mass is 162 g/mol. The van der Waals surface area contributed by atoms with E-state index in [9.17, 15) is 0 Å². The second-order valence-corrected chi connectivity index (χ2v) is 2.83. The van der Waals surface area contributed by atoms with E-state index in [1.807, 2.05) is 0 Å². The van der Waals surface area contributed by atoms with E-state index in [4.69, 9.17) is 0 Å². The highest BCUT2D eigenvalue weighted by molar-refractivity contribution is 5.71. The van der Waals surface area contributed by atoms with Crippen LogP contribution in [0.25, 0.3) is 11.0 Å². The quantitative estimate of drug-likeness (QED) is 0.409. The largest absolute Gasteiger partial charge is 0.358 e. The Labute approximate surface area is 73.1 Å². The molecule has 0 N–H and O–H groups in total. The third-order valence-corrected chi connectivity index (χ3v) is 1.99. The van der Waals surface area contributed by atoms with E-state index in [1.165, 1.54) is 11.0 Å². The molecule has 0 saturated carbocycles. The number of hydrogen-bond donors (Lipinski definition) is 0. The second-order valence-electron chi connectivity index (χ2n) is 2.83. The standard InChI is InChI=1S/C9H11N2.CH3/c1-10-7-11(2)9-6-4-3-5-8(9)10;/h3-7H,1-2H3;1H3/q+1;-1. The first-order valence-electron chi connectivity index (χ1n) is 3.69. The summed E-state index contributed by atoms with van der Waals surface area (Å²) in [6, 6.07) is 8.36. The molecule has 2 nitrogen and oxygen atoms in total. The Morgan fingerprint density at radius 1 is 1.25 bits per heavy atom. The van der Waals surface area contributed by atoms with E-state index in [0.29, 0.717) is 0 Å². The fourth-order valence-corrected chi connectivity index (χ4v) is 1.44. The first-order chi connectivity index (χ1) is 5.29. The number of rotatable bonds is 0. The topological polar surface area (TPSA) is 8.81 Å². The maximum Gasteiger partial charge on any atom is 0.244 e. The lowest BCUT2D eigenvalue weighted by Gasteiger charge is -1.84. The van der Waals surface area contributed by atoms with Crippen molar-refractivity contribution in [3.8, 4) is 0 Å². The highest BCUT2D eigenvalue weighted by Gasteiger charge is 2.06. The molecule has 2 aromatic rings. The average Bonchev–Trinajstić information content (AvgIpc) is 2.30. The summed E-state index contributed by atoms with van der Waals surface area (Å²) in [5, 5.41) is 0. The molecule has 0 bridgehead atoms. The zero-order chi connectivity index (χ0) is 7.84. The van der Waals surface area contributed by atoms with Crippen molar-refractivity contribution in [2.45, 2.75) is 0 Å². The van der Waals surface area contributed by atoms with Gasteiger partial charge in [-0.3, -0.25) is 0 Å². The summed E-state index contributed by atoms with van der Waals surface area (Å²) in [6.45, 7) is 0. The van der Waals surface area contributed by atoms with Crippen molar-refractivity contribution in [2.24, 2.45) is 14.1 Å². The molecule has 0 amide bonds. The van der Waals surface area contributed by atoms with Gasteiger partial charge < -0.3 is 7.43 Å². The molecule has 1 aromatic carbocycles. The third-order valence-electron chi connectivity index (χ3n) is 1.99. The molecule has 0 spiro atoms. The number of hydrogen-bond acceptors (Lipinski definition) is 0. The lowest BCUT2D eigenvalue weighted by atomic mass is 10.3. The summed E-state index contributed by atoms with van der Waals surface area (Å²) >= 11 is 0. The van der Waals surface area contributed by atoms with E-state index in [2.05, 4.69) is 53.8 Å². The van der Waals surface area contributed by atoms with Gasteiger partial charge in [-0.15, -0.1) is 0 Å². The Hall–Kier alpha value is -1.31. The maximum absolute atomic E-state index is 2.12. The van der Waals surface area contributed by atoms with Gasteiger partial charge in [-0.25, -0.2) is 9.13 Å². The number of imidazole rings is 1. The summed E-state index contributed by atoms with van der Waals surface area (Å²) in [7, 11) is 4.12. The molecule has 0 atom stereocenters. The summed E-state index contributed by atoms with van der Waals surface area (Å²) in [5.41, 5.74) is 2.55. The highest BCUT2D eigenvalue weighted by Crippen LogP contribution is 2.07. The van der Waals surface area contributed by atoms with Crippen LogP contribution < -0.4 is 4.57 Å². The molecular formula is C10H14N2. The number of benzene rings is 1. The molecule has 0 unspecified atom stereocenters. The minimum absolute atomic E-state index is 0. The zero-order valence-electron chi connectivity index (χ0n) is 7.78. The Bertz CT molecular complexity index is 352. The van der Waals surface area contributed by atoms with Gasteiger partial charge in [0, 0.05) is 0 Å². The Morgan fingerprint density at radius 2 is 1.92 bits per heavy atom. The van der Waals surface area contributed by atoms with Gasteiger partial charge in [0.05, 0.1) is 14.1 Å². The fraction of sp³-hybridized carbons (Fsp3) is 0.200. The molecule has 12 heavy (non-hydrogen) atoms. The highest BCUT2D eigenvalue weighted by atomic mass is 15.1. The molecule has 1 aromatic heterocycles. The predicted molar refractivity (Wildman–Crippen MR) is 50.5 cm³/mol. The van der Waals surface area contributed by atoms with Crippen LogP contribution in [0.2, 0.25) is 0 Å². The Morgan fingerprint density at radius 3 is 2.58 bits per heavy atom. The van der Waals surface area contributed by atoms with E-state index >= 15 is 0 Å². The first-order valence-corrected chi connectivity index (χ1v) is 3.69. The fourth-order valence-electron chi connectivity index (χ4n) is 1.44. The van der Waals surface area contributed by atoms with Crippen molar-refractivity contribution >= 4 is 11.0 Å². The molecule has 64 valence electrons. The van der Waals surface area contributed by atoms with Gasteiger partial charge >= 0.3 is 0 Å². The van der Waals surface area contributed by atoms with E-state index < -0.39 is 0 Å². The number of nitrogens with zero attached hydrogens (tertiary/aromatic N) is 2. The van der Waals surface area contributed by atoms with Gasteiger partial charge in [0.2, 0.25) is 6.33 Å². The number of fused-ring (bicyclic) bond motifs is 1. The van der Waals surface area contributed by atoms with Crippen LogP contribution in [0.5, 0.6) is 0 Å². The Balaban J connectivity index is 0.000000720. The molecule has 0 saturated heterocycles. The zero-order valence-corrected chi connectivity index (χ0v) is 7.78. The van der Waals surface area contributed by atoms with Crippen molar-refractivity contribution in [3.05, 3.63) is 38.0 Å². The van der Waals surface area contributed by atoms with Crippen LogP contribution in [0.4, 0.5) is 0 Å². The van der Waals surface area contributed by atoms with E-state index in [-0.39, 0.29) is 7.43 Å². The minimum atomic E-state index is 0. The van der Waals surface area contributed by atoms with Crippen LogP contribution in [-0.4, -0.2) is 4.57 Å². The maximum atomic E-state index is 2.12. The van der Waals surface area contributed by atoms with Crippen molar-refractivity contribution in [3.63, 3.8) is 0 Å². The van der Waals surface area contributed by atoms with Crippen molar-refractivity contribution in [1.29, 1.82) is 0 Å². The van der Waals surface area contributed by atoms with Gasteiger partial charge in [0.1, 0.15) is 0 Å². The van der Waals surface area contributed by atoms with Crippen LogP contribution >= 0.6 is 0 Å². The molecule has 0 aliphatic heterocycles. The molecule has 0 aliphatic rings. The van der Waals surface area contributed by atoms with Gasteiger partial charge in [0.25, 0.3) is 0 Å². The van der Waals surface area contributed by atoms with Crippen LogP contribution in [-0.2, 0) is 14.1 Å². The second kappa shape index (κ2) is 2.97. The average molecular weight is 162 g/mol. The van der Waals surface area contributed by atoms with Crippen molar-refractivity contribution < 1.29 is 4.57 Å².